The molecule has 0 unspecified atom stereocenters. The Hall–Kier alpha value is -1.65. The molecular weight excluding hydrogens is 280 g/mol. The van der Waals surface area contributed by atoms with Gasteiger partial charge in [0, 0.05) is 14.2 Å². The van der Waals surface area contributed by atoms with E-state index in [4.69, 9.17) is 14.2 Å². The van der Waals surface area contributed by atoms with Gasteiger partial charge in [0.2, 0.25) is 0 Å². The lowest BCUT2D eigenvalue weighted by Crippen LogP contribution is -2.51. The van der Waals surface area contributed by atoms with E-state index in [9.17, 15) is 4.79 Å². The van der Waals surface area contributed by atoms with Crippen LogP contribution in [0.5, 0.6) is 0 Å². The van der Waals surface area contributed by atoms with Gasteiger partial charge in [0.05, 0.1) is 11.0 Å². The largest absolute Gasteiger partial charge is 0.404 e. The summed E-state index contributed by atoms with van der Waals surface area (Å²) in [7, 11) is 2.96. The maximum absolute atomic E-state index is 12.4. The summed E-state index contributed by atoms with van der Waals surface area (Å²) in [5, 5.41) is 0. The van der Waals surface area contributed by atoms with Crippen LogP contribution >= 0.6 is 0 Å². The summed E-state index contributed by atoms with van der Waals surface area (Å²) in [6.07, 6.45) is 2.72. The number of carbonyl (C=O) groups is 1. The van der Waals surface area contributed by atoms with Crippen molar-refractivity contribution in [1.29, 1.82) is 0 Å². The Kier molecular flexibility index (Phi) is 6.33. The molecule has 1 rings (SSSR count). The smallest absolute Gasteiger partial charge is 0.342 e. The normalized spacial score (nSPS) is 11.9. The number of hydrogen-bond donors (Lipinski definition) is 0. The van der Waals surface area contributed by atoms with Crippen LogP contribution in [0.2, 0.25) is 0 Å². The Labute approximate surface area is 133 Å². The van der Waals surface area contributed by atoms with Gasteiger partial charge in [-0.05, 0) is 32.4 Å². The zero-order chi connectivity index (χ0) is 16.8. The molecule has 0 radical (unpaired) electrons. The van der Waals surface area contributed by atoms with E-state index in [-0.39, 0.29) is 0 Å². The van der Waals surface area contributed by atoms with E-state index in [1.54, 1.807) is 24.3 Å². The third-order valence-electron chi connectivity index (χ3n) is 3.62. The molecule has 0 atom stereocenters. The average molecular weight is 306 g/mol. The van der Waals surface area contributed by atoms with Crippen molar-refractivity contribution in [2.24, 2.45) is 5.41 Å². The number of carbonyl (C=O) groups excluding carboxylic acids is 1. The van der Waals surface area contributed by atoms with Gasteiger partial charge in [0.15, 0.2) is 0 Å². The van der Waals surface area contributed by atoms with Crippen LogP contribution in [-0.4, -0.2) is 26.2 Å². The first-order valence-corrected chi connectivity index (χ1v) is 7.30. The third-order valence-corrected chi connectivity index (χ3v) is 3.62. The summed E-state index contributed by atoms with van der Waals surface area (Å²) >= 11 is 0. The minimum Gasteiger partial charge on any atom is -0.404 e. The number of hydrogen-bond acceptors (Lipinski definition) is 4. The molecule has 0 heterocycles. The Bertz CT molecular complexity index is 509. The summed E-state index contributed by atoms with van der Waals surface area (Å²) in [5.74, 6) is -1.93. The molecule has 0 bridgehead atoms. The topological polar surface area (TPSA) is 44.8 Å². The van der Waals surface area contributed by atoms with Crippen molar-refractivity contribution in [2.45, 2.75) is 40.1 Å². The number of benzene rings is 1. The van der Waals surface area contributed by atoms with Gasteiger partial charge >= 0.3 is 11.9 Å². The highest BCUT2D eigenvalue weighted by molar-refractivity contribution is 5.89. The summed E-state index contributed by atoms with van der Waals surface area (Å²) in [6, 6.07) is 8.80. The van der Waals surface area contributed by atoms with E-state index in [1.807, 2.05) is 33.8 Å². The van der Waals surface area contributed by atoms with Crippen LogP contribution < -0.4 is 0 Å². The van der Waals surface area contributed by atoms with Crippen LogP contribution in [-0.2, 0) is 14.2 Å². The van der Waals surface area contributed by atoms with E-state index >= 15 is 0 Å². The molecule has 0 aliphatic rings. The summed E-state index contributed by atoms with van der Waals surface area (Å²) in [4.78, 5) is 12.4. The van der Waals surface area contributed by atoms with Gasteiger partial charge < -0.3 is 14.2 Å². The van der Waals surface area contributed by atoms with Gasteiger partial charge in [-0.15, -0.1) is 0 Å². The molecule has 4 nitrogen and oxygen atoms in total. The number of methoxy groups -OCH3 is 2. The van der Waals surface area contributed by atoms with E-state index < -0.39 is 17.4 Å². The zero-order valence-electron chi connectivity index (χ0n) is 14.3. The highest BCUT2D eigenvalue weighted by Crippen LogP contribution is 2.40. The van der Waals surface area contributed by atoms with Gasteiger partial charge in [-0.2, -0.15) is 0 Å². The molecule has 1 aromatic rings. The lowest BCUT2D eigenvalue weighted by molar-refractivity contribution is -0.384. The Balaban J connectivity index is 3.05. The predicted octanol–water partition coefficient (Wildman–Crippen LogP) is 4.17. The average Bonchev–Trinajstić information content (AvgIpc) is 2.51. The lowest BCUT2D eigenvalue weighted by Gasteiger charge is -2.42. The number of esters is 1. The number of rotatable bonds is 7. The van der Waals surface area contributed by atoms with Crippen molar-refractivity contribution in [2.75, 3.05) is 14.2 Å². The quantitative estimate of drug-likeness (QED) is 0.431. The summed E-state index contributed by atoms with van der Waals surface area (Å²) in [6.45, 7) is 7.93. The first-order chi connectivity index (χ1) is 10.3. The standard InChI is InChI=1S/C18H26O4/c1-14(2)12-13-17(3,4)18(20-5,21-6)22-16(19)15-10-8-7-9-11-15/h7-12H,13H2,1-6H3. The van der Waals surface area contributed by atoms with Crippen LogP contribution in [0.3, 0.4) is 0 Å². The molecule has 0 aromatic heterocycles. The molecule has 1 aromatic carbocycles. The summed E-state index contributed by atoms with van der Waals surface area (Å²) < 4.78 is 16.6. The van der Waals surface area contributed by atoms with Gasteiger partial charge in [-0.25, -0.2) is 4.79 Å². The number of ether oxygens (including phenoxy) is 3. The Morgan fingerprint density at radius 1 is 1.09 bits per heavy atom. The van der Waals surface area contributed by atoms with E-state index in [2.05, 4.69) is 6.08 Å². The Morgan fingerprint density at radius 2 is 1.64 bits per heavy atom. The fourth-order valence-electron chi connectivity index (χ4n) is 2.20. The molecule has 22 heavy (non-hydrogen) atoms. The second kappa shape index (κ2) is 7.56. The van der Waals surface area contributed by atoms with E-state index in [0.29, 0.717) is 12.0 Å². The molecule has 0 saturated heterocycles. The Morgan fingerprint density at radius 3 is 2.09 bits per heavy atom. The van der Waals surface area contributed by atoms with Crippen LogP contribution in [0.15, 0.2) is 42.0 Å². The monoisotopic (exact) mass is 306 g/mol. The lowest BCUT2D eigenvalue weighted by atomic mass is 9.85. The van der Waals surface area contributed by atoms with Crippen LogP contribution in [0, 0.1) is 5.41 Å². The van der Waals surface area contributed by atoms with Crippen molar-refractivity contribution >= 4 is 5.97 Å². The molecule has 0 aliphatic heterocycles. The second-order valence-electron chi connectivity index (χ2n) is 6.09. The molecule has 4 heteroatoms. The van der Waals surface area contributed by atoms with Gasteiger partial charge in [0.1, 0.15) is 0 Å². The van der Waals surface area contributed by atoms with Gasteiger partial charge in [-0.1, -0.05) is 43.7 Å². The van der Waals surface area contributed by atoms with Crippen LogP contribution in [0.4, 0.5) is 0 Å². The van der Waals surface area contributed by atoms with Crippen molar-refractivity contribution in [3.8, 4) is 0 Å². The van der Waals surface area contributed by atoms with Crippen LogP contribution in [0.1, 0.15) is 44.5 Å². The van der Waals surface area contributed by atoms with Crippen LogP contribution in [0.25, 0.3) is 0 Å². The van der Waals surface area contributed by atoms with Crippen molar-refractivity contribution in [3.05, 3.63) is 47.5 Å². The molecule has 0 amide bonds. The SMILES string of the molecule is COC(OC)(OC(=O)c1ccccc1)C(C)(C)CC=C(C)C. The minimum atomic E-state index is -1.45. The van der Waals surface area contributed by atoms with E-state index in [1.165, 1.54) is 19.8 Å². The predicted molar refractivity (Wildman–Crippen MR) is 86.4 cm³/mol. The van der Waals surface area contributed by atoms with Gasteiger partial charge in [-0.3, -0.25) is 0 Å². The highest BCUT2D eigenvalue weighted by Gasteiger charge is 2.50. The van der Waals surface area contributed by atoms with Crippen molar-refractivity contribution in [1.82, 2.24) is 0 Å². The molecule has 0 aliphatic carbocycles. The molecule has 122 valence electrons. The maximum Gasteiger partial charge on any atom is 0.342 e. The first-order valence-electron chi connectivity index (χ1n) is 7.30. The summed E-state index contributed by atoms with van der Waals surface area (Å²) in [5.41, 5.74) is 1.08. The molecule has 0 N–H and O–H groups in total. The van der Waals surface area contributed by atoms with Gasteiger partial charge in [0.25, 0.3) is 0 Å². The fraction of sp³-hybridized carbons (Fsp3) is 0.500. The third kappa shape index (κ3) is 4.18. The zero-order valence-corrected chi connectivity index (χ0v) is 14.3. The maximum atomic E-state index is 12.4. The number of allylic oxidation sites excluding steroid dienone is 2. The molecule has 0 saturated carbocycles. The first kappa shape index (κ1) is 18.4. The second-order valence-corrected chi connectivity index (χ2v) is 6.09. The molecular formula is C18H26O4. The molecule has 0 spiro atoms. The van der Waals surface area contributed by atoms with Crippen molar-refractivity contribution in [3.63, 3.8) is 0 Å². The highest BCUT2D eigenvalue weighted by atomic mass is 16.9. The fourth-order valence-corrected chi connectivity index (χ4v) is 2.20. The van der Waals surface area contributed by atoms with E-state index in [0.717, 1.165) is 0 Å². The van der Waals surface area contributed by atoms with Crippen molar-refractivity contribution < 1.29 is 19.0 Å². The minimum absolute atomic E-state index is 0.457. The molecule has 0 fully saturated rings.